The van der Waals surface area contributed by atoms with Crippen LogP contribution in [0.2, 0.25) is 0 Å². The van der Waals surface area contributed by atoms with E-state index in [-0.39, 0.29) is 18.7 Å². The van der Waals surface area contributed by atoms with Crippen molar-refractivity contribution in [2.75, 3.05) is 0 Å². The Hall–Kier alpha value is -2.83. The Bertz CT molecular complexity index is 624. The molecule has 1 aliphatic carbocycles. The fourth-order valence-corrected chi connectivity index (χ4v) is 1.86. The molecule has 0 heterocycles. The van der Waals surface area contributed by atoms with Gasteiger partial charge in [0, 0.05) is 12.1 Å². The molecule has 3 N–H and O–H groups in total. The number of hydrogen-bond acceptors (Lipinski definition) is 4. The first-order valence-corrected chi connectivity index (χ1v) is 7.91. The third-order valence-electron chi connectivity index (χ3n) is 2.93. The Balaban J connectivity index is 2.52. The molecule has 0 aromatic carbocycles. The number of carboxylic acid groups (broad SMARTS) is 1. The van der Waals surface area contributed by atoms with Crippen LogP contribution in [-0.2, 0) is 14.3 Å². The summed E-state index contributed by atoms with van der Waals surface area (Å²) < 4.78 is 5.03. The Morgan fingerprint density at radius 1 is 1.12 bits per heavy atom. The van der Waals surface area contributed by atoms with Crippen LogP contribution in [0, 0.1) is 0 Å². The molecule has 7 heteroatoms. The molecule has 0 aromatic heterocycles. The zero-order valence-corrected chi connectivity index (χ0v) is 14.6. The van der Waals surface area contributed by atoms with Crippen LogP contribution in [0.15, 0.2) is 48.2 Å². The van der Waals surface area contributed by atoms with E-state index in [4.69, 9.17) is 4.74 Å². The van der Waals surface area contributed by atoms with Gasteiger partial charge < -0.3 is 20.5 Å². The minimum absolute atomic E-state index is 0.0485. The fraction of sp³-hybridized carbons (Fsp3) is 0.389. The van der Waals surface area contributed by atoms with Crippen molar-refractivity contribution in [2.45, 2.75) is 45.3 Å². The number of hydrogen-bond donors (Lipinski definition) is 3. The summed E-state index contributed by atoms with van der Waals surface area (Å²) in [5.41, 5.74) is -0.138. The summed E-state index contributed by atoms with van der Waals surface area (Å²) in [4.78, 5) is 34.9. The van der Waals surface area contributed by atoms with Gasteiger partial charge in [0.2, 0.25) is 5.91 Å². The van der Waals surface area contributed by atoms with Crippen LogP contribution in [0.4, 0.5) is 4.79 Å². The van der Waals surface area contributed by atoms with Gasteiger partial charge in [0.1, 0.15) is 11.6 Å². The number of carbonyl (C=O) groups excluding carboxylic acids is 2. The largest absolute Gasteiger partial charge is 0.480 e. The van der Waals surface area contributed by atoms with Crippen LogP contribution < -0.4 is 10.6 Å². The molecule has 2 amide bonds. The van der Waals surface area contributed by atoms with Gasteiger partial charge in [-0.15, -0.1) is 0 Å². The second kappa shape index (κ2) is 9.46. The molecule has 0 saturated carbocycles. The van der Waals surface area contributed by atoms with Crippen molar-refractivity contribution in [2.24, 2.45) is 0 Å². The SMILES string of the molecule is CC(C)(C)OC(=O)NC(CCC(=O)NC1=C/C=C\C=C/C=C\1)C(=O)O. The van der Waals surface area contributed by atoms with Crippen molar-refractivity contribution >= 4 is 18.0 Å². The van der Waals surface area contributed by atoms with E-state index in [9.17, 15) is 19.5 Å². The second-order valence-corrected chi connectivity index (χ2v) is 6.37. The van der Waals surface area contributed by atoms with Gasteiger partial charge in [0.15, 0.2) is 0 Å². The smallest absolute Gasteiger partial charge is 0.408 e. The summed E-state index contributed by atoms with van der Waals surface area (Å²) in [6, 6.07) is -1.20. The Labute approximate surface area is 147 Å². The van der Waals surface area contributed by atoms with Crippen LogP contribution in [0.3, 0.4) is 0 Å². The quantitative estimate of drug-likeness (QED) is 0.684. The van der Waals surface area contributed by atoms with E-state index >= 15 is 0 Å². The minimum atomic E-state index is -1.23. The summed E-state index contributed by atoms with van der Waals surface area (Å²) in [7, 11) is 0. The lowest BCUT2D eigenvalue weighted by molar-refractivity contribution is -0.139. The molecule has 1 atom stereocenters. The standard InChI is InChI=1S/C18H24N2O5/c1-18(2,3)25-17(24)20-14(16(22)23)11-12-15(21)19-13-9-7-5-4-6-8-10-13/h4-10,14H,11-12H2,1-3H3,(H,19,21)(H,20,24)(H,22,23)/b5-4-,6-4?,7-5?,8-6-,9-7-,10-8?,13-9?,13-10+. The number of amides is 2. The highest BCUT2D eigenvalue weighted by molar-refractivity contribution is 5.82. The maximum atomic E-state index is 12.0. The third kappa shape index (κ3) is 9.14. The van der Waals surface area contributed by atoms with Crippen molar-refractivity contribution in [3.63, 3.8) is 0 Å². The first-order valence-electron chi connectivity index (χ1n) is 7.91. The van der Waals surface area contributed by atoms with E-state index in [0.29, 0.717) is 5.70 Å². The number of ether oxygens (including phenoxy) is 1. The predicted molar refractivity (Wildman–Crippen MR) is 93.7 cm³/mol. The van der Waals surface area contributed by atoms with Crippen molar-refractivity contribution < 1.29 is 24.2 Å². The van der Waals surface area contributed by atoms with Crippen molar-refractivity contribution in [3.8, 4) is 0 Å². The van der Waals surface area contributed by atoms with Crippen molar-refractivity contribution in [1.29, 1.82) is 0 Å². The van der Waals surface area contributed by atoms with Gasteiger partial charge in [-0.25, -0.2) is 9.59 Å². The molecule has 25 heavy (non-hydrogen) atoms. The van der Waals surface area contributed by atoms with Crippen LogP contribution in [0.1, 0.15) is 33.6 Å². The van der Waals surface area contributed by atoms with Crippen molar-refractivity contribution in [1.82, 2.24) is 10.6 Å². The van der Waals surface area contributed by atoms with E-state index in [1.165, 1.54) is 0 Å². The Morgan fingerprint density at radius 2 is 1.76 bits per heavy atom. The lowest BCUT2D eigenvalue weighted by Gasteiger charge is -2.22. The minimum Gasteiger partial charge on any atom is -0.480 e. The molecule has 0 fully saturated rings. The van der Waals surface area contributed by atoms with Crippen LogP contribution >= 0.6 is 0 Å². The van der Waals surface area contributed by atoms with E-state index in [1.54, 1.807) is 45.1 Å². The second-order valence-electron chi connectivity index (χ2n) is 6.37. The highest BCUT2D eigenvalue weighted by atomic mass is 16.6. The monoisotopic (exact) mass is 348 g/mol. The number of carbonyl (C=O) groups is 3. The van der Waals surface area contributed by atoms with Gasteiger partial charge in [-0.1, -0.05) is 30.4 Å². The summed E-state index contributed by atoms with van der Waals surface area (Å²) >= 11 is 0. The van der Waals surface area contributed by atoms with E-state index in [1.807, 2.05) is 18.2 Å². The molecule has 0 radical (unpaired) electrons. The van der Waals surface area contributed by atoms with Gasteiger partial charge >= 0.3 is 12.1 Å². The average molecular weight is 348 g/mol. The molecule has 136 valence electrons. The first-order chi connectivity index (χ1) is 11.7. The molecular weight excluding hydrogens is 324 g/mol. The number of nitrogens with one attached hydrogen (secondary N) is 2. The maximum Gasteiger partial charge on any atom is 0.408 e. The van der Waals surface area contributed by atoms with E-state index in [0.717, 1.165) is 0 Å². The summed E-state index contributed by atoms with van der Waals surface area (Å²) in [6.07, 6.45) is 11.6. The summed E-state index contributed by atoms with van der Waals surface area (Å²) in [5, 5.41) is 14.1. The molecule has 7 nitrogen and oxygen atoms in total. The normalized spacial score (nSPS) is 20.7. The lowest BCUT2D eigenvalue weighted by Crippen LogP contribution is -2.44. The Kier molecular flexibility index (Phi) is 7.65. The van der Waals surface area contributed by atoms with Gasteiger partial charge in [-0.2, -0.15) is 0 Å². The molecule has 1 unspecified atom stereocenters. The Morgan fingerprint density at radius 3 is 2.40 bits per heavy atom. The van der Waals surface area contributed by atoms with E-state index in [2.05, 4.69) is 10.6 Å². The number of alkyl carbamates (subject to hydrolysis) is 1. The fourth-order valence-electron chi connectivity index (χ4n) is 1.86. The van der Waals surface area contributed by atoms with Gasteiger partial charge in [-0.3, -0.25) is 4.79 Å². The molecule has 0 spiro atoms. The summed E-state index contributed by atoms with van der Waals surface area (Å²) in [5.74, 6) is -1.57. The van der Waals surface area contributed by atoms with Crippen molar-refractivity contribution in [3.05, 3.63) is 48.2 Å². The molecule has 1 rings (SSSR count). The topological polar surface area (TPSA) is 105 Å². The number of aliphatic carboxylic acids is 1. The van der Waals surface area contributed by atoms with Gasteiger partial charge in [0.05, 0.1) is 0 Å². The highest BCUT2D eigenvalue weighted by Gasteiger charge is 2.24. The van der Waals surface area contributed by atoms with E-state index < -0.39 is 23.7 Å². The predicted octanol–water partition coefficient (Wildman–Crippen LogP) is 2.43. The average Bonchev–Trinajstić information content (AvgIpc) is 2.44. The van der Waals surface area contributed by atoms with Gasteiger partial charge in [-0.05, 0) is 39.3 Å². The highest BCUT2D eigenvalue weighted by Crippen LogP contribution is 2.08. The molecule has 0 aliphatic heterocycles. The molecule has 1 aliphatic rings. The van der Waals surface area contributed by atoms with Crippen LogP contribution in [0.5, 0.6) is 0 Å². The molecule has 0 aromatic rings. The molecule has 0 bridgehead atoms. The maximum absolute atomic E-state index is 12.0. The number of carboxylic acids is 1. The zero-order chi connectivity index (χ0) is 18.9. The van der Waals surface area contributed by atoms with Gasteiger partial charge in [0.25, 0.3) is 0 Å². The zero-order valence-electron chi connectivity index (χ0n) is 14.6. The van der Waals surface area contributed by atoms with Crippen LogP contribution in [-0.4, -0.2) is 34.7 Å². The summed E-state index contributed by atoms with van der Waals surface area (Å²) in [6.45, 7) is 5.03. The molecule has 0 saturated heterocycles. The van der Waals surface area contributed by atoms with Crippen LogP contribution in [0.25, 0.3) is 0 Å². The number of allylic oxidation sites excluding steroid dienone is 7. The lowest BCUT2D eigenvalue weighted by atomic mass is 10.1. The molecular formula is C18H24N2O5. The third-order valence-corrected chi connectivity index (χ3v) is 2.93. The first kappa shape index (κ1) is 20.2. The number of rotatable bonds is 6.